The smallest absolute Gasteiger partial charge is 0.269 e. The largest absolute Gasteiger partial charge is 0.433 e. The van der Waals surface area contributed by atoms with E-state index >= 15 is 0 Å². The van der Waals surface area contributed by atoms with Crippen LogP contribution >= 0.6 is 39.1 Å². The van der Waals surface area contributed by atoms with Crippen LogP contribution < -0.4 is 4.90 Å². The van der Waals surface area contributed by atoms with E-state index in [1.807, 2.05) is 42.5 Å². The molecule has 0 atom stereocenters. The molecule has 37 heavy (non-hydrogen) atoms. The van der Waals surface area contributed by atoms with Crippen molar-refractivity contribution in [1.82, 2.24) is 4.98 Å². The average Bonchev–Trinajstić information content (AvgIpc) is 3.34. The standard InChI is InChI=1S/C29H23BrCl2N2O3/c1-17(35)18-12-14-34(15-13-18)25-5-3-2-4-23(25)27(36)29-33-26(22-11-10-21(31)16-24(22)32)28(37-29)19-6-8-20(30)9-7-19/h2-11,16,18H,12-15H2,1H3. The third kappa shape index (κ3) is 5.37. The van der Waals surface area contributed by atoms with Gasteiger partial charge in [0.25, 0.3) is 5.89 Å². The van der Waals surface area contributed by atoms with Crippen molar-refractivity contribution in [2.75, 3.05) is 18.0 Å². The topological polar surface area (TPSA) is 63.4 Å². The first-order valence-corrected chi connectivity index (χ1v) is 13.5. The molecular weight excluding hydrogens is 575 g/mol. The Morgan fingerprint density at radius 3 is 2.38 bits per heavy atom. The van der Waals surface area contributed by atoms with E-state index in [1.165, 1.54) is 0 Å². The summed E-state index contributed by atoms with van der Waals surface area (Å²) >= 11 is 16.1. The number of aromatic nitrogens is 1. The molecule has 2 heterocycles. The molecule has 8 heteroatoms. The third-order valence-electron chi connectivity index (χ3n) is 6.67. The van der Waals surface area contributed by atoms with Crippen LogP contribution in [0.5, 0.6) is 0 Å². The number of benzene rings is 3. The van der Waals surface area contributed by atoms with E-state index in [0.29, 0.717) is 45.7 Å². The number of halogens is 3. The van der Waals surface area contributed by atoms with Gasteiger partial charge in [-0.05, 0) is 62.2 Å². The zero-order valence-corrected chi connectivity index (χ0v) is 23.1. The molecule has 0 unspecified atom stereocenters. The second-order valence-corrected chi connectivity index (χ2v) is 10.8. The maximum atomic E-state index is 13.8. The maximum Gasteiger partial charge on any atom is 0.269 e. The summed E-state index contributed by atoms with van der Waals surface area (Å²) in [6, 6.07) is 20.2. The van der Waals surface area contributed by atoms with E-state index in [1.54, 1.807) is 31.2 Å². The number of nitrogens with zero attached hydrogens (tertiary/aromatic N) is 2. The van der Waals surface area contributed by atoms with Gasteiger partial charge in [-0.2, -0.15) is 0 Å². The lowest BCUT2D eigenvalue weighted by atomic mass is 9.92. The van der Waals surface area contributed by atoms with Gasteiger partial charge in [0.15, 0.2) is 5.76 Å². The van der Waals surface area contributed by atoms with Gasteiger partial charge < -0.3 is 9.32 Å². The molecule has 5 rings (SSSR count). The lowest BCUT2D eigenvalue weighted by Crippen LogP contribution is -2.36. The number of hydrogen-bond acceptors (Lipinski definition) is 5. The van der Waals surface area contributed by atoms with Crippen LogP contribution in [0.1, 0.15) is 36.0 Å². The fourth-order valence-electron chi connectivity index (χ4n) is 4.66. The number of anilines is 1. The Morgan fingerprint density at radius 2 is 1.70 bits per heavy atom. The summed E-state index contributed by atoms with van der Waals surface area (Å²) in [6.07, 6.45) is 1.54. The van der Waals surface area contributed by atoms with Crippen LogP contribution in [0.15, 0.2) is 75.6 Å². The summed E-state index contributed by atoms with van der Waals surface area (Å²) in [5, 5.41) is 0.910. The minimum Gasteiger partial charge on any atom is -0.433 e. The normalized spacial score (nSPS) is 14.1. The predicted molar refractivity (Wildman–Crippen MR) is 151 cm³/mol. The van der Waals surface area contributed by atoms with E-state index in [-0.39, 0.29) is 23.4 Å². The highest BCUT2D eigenvalue weighted by Gasteiger charge is 2.28. The lowest BCUT2D eigenvalue weighted by Gasteiger charge is -2.33. The molecular formula is C29H23BrCl2N2O3. The van der Waals surface area contributed by atoms with Crippen molar-refractivity contribution in [1.29, 1.82) is 0 Å². The number of piperidine rings is 1. The number of carbonyl (C=O) groups excluding carboxylic acids is 2. The fraction of sp³-hybridized carbons (Fsp3) is 0.207. The highest BCUT2D eigenvalue weighted by atomic mass is 79.9. The molecule has 3 aromatic carbocycles. The van der Waals surface area contributed by atoms with Crippen LogP contribution in [0.3, 0.4) is 0 Å². The first kappa shape index (κ1) is 25.7. The van der Waals surface area contributed by atoms with Crippen LogP contribution in [0.2, 0.25) is 10.0 Å². The predicted octanol–water partition coefficient (Wildman–Crippen LogP) is 8.11. The summed E-state index contributed by atoms with van der Waals surface area (Å²) in [6.45, 7) is 3.06. The first-order valence-electron chi connectivity index (χ1n) is 11.9. The zero-order chi connectivity index (χ0) is 26.1. The Balaban J connectivity index is 1.56. The third-order valence-corrected chi connectivity index (χ3v) is 7.75. The first-order chi connectivity index (χ1) is 17.8. The molecule has 1 saturated heterocycles. The van der Waals surface area contributed by atoms with Crippen LogP contribution in [-0.2, 0) is 4.79 Å². The van der Waals surface area contributed by atoms with E-state index in [0.717, 1.165) is 28.6 Å². The molecule has 0 radical (unpaired) electrons. The van der Waals surface area contributed by atoms with Gasteiger partial charge in [0.05, 0.1) is 10.6 Å². The fourth-order valence-corrected chi connectivity index (χ4v) is 5.42. The van der Waals surface area contributed by atoms with Gasteiger partial charge in [-0.15, -0.1) is 0 Å². The van der Waals surface area contributed by atoms with E-state index in [9.17, 15) is 9.59 Å². The van der Waals surface area contributed by atoms with Gasteiger partial charge in [-0.25, -0.2) is 4.98 Å². The molecule has 1 fully saturated rings. The van der Waals surface area contributed by atoms with Crippen molar-refractivity contribution < 1.29 is 14.0 Å². The van der Waals surface area contributed by atoms with Crippen molar-refractivity contribution in [3.8, 4) is 22.6 Å². The molecule has 1 aliphatic heterocycles. The molecule has 0 aliphatic carbocycles. The van der Waals surface area contributed by atoms with Gasteiger partial charge in [0.1, 0.15) is 11.5 Å². The Hall–Kier alpha value is -2.93. The number of ketones is 2. The SMILES string of the molecule is CC(=O)C1CCN(c2ccccc2C(=O)c2nc(-c3ccc(Cl)cc3Cl)c(-c3ccc(Br)cc3)o2)CC1. The van der Waals surface area contributed by atoms with Crippen LogP contribution in [0.4, 0.5) is 5.69 Å². The maximum absolute atomic E-state index is 13.8. The molecule has 5 nitrogen and oxygen atoms in total. The van der Waals surface area contributed by atoms with Gasteiger partial charge in [-0.1, -0.05) is 63.4 Å². The minimum absolute atomic E-state index is 0.0231. The minimum atomic E-state index is -0.320. The van der Waals surface area contributed by atoms with Gasteiger partial charge in [-0.3, -0.25) is 9.59 Å². The molecule has 4 aromatic rings. The molecule has 188 valence electrons. The van der Waals surface area contributed by atoms with E-state index < -0.39 is 0 Å². The molecule has 1 aromatic heterocycles. The van der Waals surface area contributed by atoms with E-state index in [2.05, 4.69) is 25.8 Å². The Kier molecular flexibility index (Phi) is 7.52. The summed E-state index contributed by atoms with van der Waals surface area (Å²) in [5.74, 6) is 0.396. The number of para-hydroxylation sites is 1. The van der Waals surface area contributed by atoms with Crippen molar-refractivity contribution in [3.05, 3.63) is 92.7 Å². The Labute approximate surface area is 233 Å². The number of carbonyl (C=O) groups is 2. The van der Waals surface area contributed by atoms with Gasteiger partial charge in [0, 0.05) is 45.3 Å². The summed E-state index contributed by atoms with van der Waals surface area (Å²) in [5.41, 5.74) is 3.15. The number of hydrogen-bond donors (Lipinski definition) is 0. The highest BCUT2D eigenvalue weighted by molar-refractivity contribution is 9.10. The summed E-state index contributed by atoms with van der Waals surface area (Å²) in [7, 11) is 0. The molecule has 0 bridgehead atoms. The second kappa shape index (κ2) is 10.8. The average molecular weight is 598 g/mol. The van der Waals surface area contributed by atoms with Crippen LogP contribution in [0, 0.1) is 5.92 Å². The van der Waals surface area contributed by atoms with Gasteiger partial charge in [0.2, 0.25) is 5.78 Å². The van der Waals surface area contributed by atoms with Crippen LogP contribution in [-0.4, -0.2) is 29.6 Å². The van der Waals surface area contributed by atoms with Gasteiger partial charge >= 0.3 is 0 Å². The highest BCUT2D eigenvalue weighted by Crippen LogP contribution is 2.39. The number of rotatable bonds is 6. The van der Waals surface area contributed by atoms with Crippen molar-refractivity contribution >= 4 is 56.4 Å². The number of oxazole rings is 1. The second-order valence-electron chi connectivity index (χ2n) is 9.05. The number of Topliss-reactive ketones (excluding diaryl/α,β-unsaturated/α-hetero) is 1. The zero-order valence-electron chi connectivity index (χ0n) is 20.0. The quantitative estimate of drug-likeness (QED) is 0.210. The Bertz CT molecular complexity index is 1480. The molecule has 0 amide bonds. The van der Waals surface area contributed by atoms with Crippen LogP contribution in [0.25, 0.3) is 22.6 Å². The molecule has 0 saturated carbocycles. The van der Waals surface area contributed by atoms with Crippen molar-refractivity contribution in [2.45, 2.75) is 19.8 Å². The molecule has 1 aliphatic rings. The lowest BCUT2D eigenvalue weighted by molar-refractivity contribution is -0.121. The molecule has 0 N–H and O–H groups in total. The summed E-state index contributed by atoms with van der Waals surface area (Å²) in [4.78, 5) is 32.4. The van der Waals surface area contributed by atoms with E-state index in [4.69, 9.17) is 27.6 Å². The molecule has 0 spiro atoms. The summed E-state index contributed by atoms with van der Waals surface area (Å²) < 4.78 is 7.07. The Morgan fingerprint density at radius 1 is 1.00 bits per heavy atom. The van der Waals surface area contributed by atoms with Crippen molar-refractivity contribution in [3.63, 3.8) is 0 Å². The monoisotopic (exact) mass is 596 g/mol. The van der Waals surface area contributed by atoms with Crippen molar-refractivity contribution in [2.24, 2.45) is 5.92 Å².